The minimum absolute atomic E-state index is 0.0694. The Balaban J connectivity index is 2.51. The number of fused-ring (bicyclic) bond motifs is 1. The zero-order valence-corrected chi connectivity index (χ0v) is 7.71. The predicted molar refractivity (Wildman–Crippen MR) is 51.8 cm³/mol. The maximum atomic E-state index is 11.5. The van der Waals surface area contributed by atoms with Crippen molar-refractivity contribution in [2.45, 2.75) is 19.3 Å². The lowest BCUT2D eigenvalue weighted by Crippen LogP contribution is -2.22. The summed E-state index contributed by atoms with van der Waals surface area (Å²) in [4.78, 5) is 11.5. The van der Waals surface area contributed by atoms with Crippen molar-refractivity contribution in [2.24, 2.45) is 0 Å². The summed E-state index contributed by atoms with van der Waals surface area (Å²) in [6, 6.07) is 7.85. The molecule has 1 amide bonds. The molecule has 2 nitrogen and oxygen atoms in total. The highest BCUT2D eigenvalue weighted by Crippen LogP contribution is 2.24. The van der Waals surface area contributed by atoms with Crippen LogP contribution in [-0.2, 0) is 0 Å². The summed E-state index contributed by atoms with van der Waals surface area (Å²) >= 11 is 0. The molecule has 0 spiro atoms. The molecule has 1 aromatic rings. The van der Waals surface area contributed by atoms with Gasteiger partial charge in [-0.1, -0.05) is 25.1 Å². The third-order valence-electron chi connectivity index (χ3n) is 2.60. The number of carbonyl (C=O) groups excluding carboxylic acids is 1. The second-order valence-electron chi connectivity index (χ2n) is 3.53. The minimum atomic E-state index is 0.0694. The van der Waals surface area contributed by atoms with Crippen molar-refractivity contribution in [3.05, 3.63) is 35.4 Å². The fraction of sp³-hybridized carbons (Fsp3) is 0.364. The zero-order chi connectivity index (χ0) is 9.26. The topological polar surface area (TPSA) is 29.1 Å². The Kier molecular flexibility index (Phi) is 2.05. The van der Waals surface area contributed by atoms with Crippen LogP contribution in [0.25, 0.3) is 0 Å². The molecule has 2 heteroatoms. The molecule has 0 radical (unpaired) electrons. The van der Waals surface area contributed by atoms with E-state index in [-0.39, 0.29) is 5.91 Å². The van der Waals surface area contributed by atoms with E-state index >= 15 is 0 Å². The van der Waals surface area contributed by atoms with E-state index in [1.807, 2.05) is 24.3 Å². The molecule has 0 aromatic heterocycles. The molecule has 1 aliphatic heterocycles. The molecule has 0 aliphatic carbocycles. The second kappa shape index (κ2) is 3.21. The lowest BCUT2D eigenvalue weighted by Gasteiger charge is -2.09. The number of rotatable bonds is 0. The van der Waals surface area contributed by atoms with Gasteiger partial charge in [0.25, 0.3) is 5.91 Å². The van der Waals surface area contributed by atoms with Gasteiger partial charge in [-0.2, -0.15) is 0 Å². The number of carbonyl (C=O) groups is 1. The first-order chi connectivity index (χ1) is 6.29. The maximum absolute atomic E-state index is 11.5. The molecular formula is C11H13NO. The summed E-state index contributed by atoms with van der Waals surface area (Å²) in [5.74, 6) is 0.551. The van der Waals surface area contributed by atoms with Gasteiger partial charge in [0.1, 0.15) is 0 Å². The van der Waals surface area contributed by atoms with Gasteiger partial charge >= 0.3 is 0 Å². The third kappa shape index (κ3) is 1.44. The van der Waals surface area contributed by atoms with E-state index in [1.54, 1.807) is 0 Å². The first-order valence-corrected chi connectivity index (χ1v) is 4.66. The third-order valence-corrected chi connectivity index (χ3v) is 2.60. The van der Waals surface area contributed by atoms with Crippen LogP contribution in [0.3, 0.4) is 0 Å². The van der Waals surface area contributed by atoms with Crippen molar-refractivity contribution in [1.82, 2.24) is 5.32 Å². The van der Waals surface area contributed by atoms with Crippen LogP contribution >= 0.6 is 0 Å². The molecule has 13 heavy (non-hydrogen) atoms. The Bertz CT molecular complexity index is 333. The van der Waals surface area contributed by atoms with E-state index in [9.17, 15) is 4.79 Å². The highest BCUT2D eigenvalue weighted by molar-refractivity contribution is 5.96. The molecule has 1 atom stereocenters. The molecule has 1 heterocycles. The standard InChI is InChI=1S/C11H13NO/c1-8-6-7-12-11(13)10-5-3-2-4-9(8)10/h2-5,8H,6-7H2,1H3,(H,12,13)/t8-/m1/s1. The Hall–Kier alpha value is -1.31. The largest absolute Gasteiger partial charge is 0.352 e. The van der Waals surface area contributed by atoms with Crippen molar-refractivity contribution < 1.29 is 4.79 Å². The molecule has 0 saturated heterocycles. The monoisotopic (exact) mass is 175 g/mol. The minimum Gasteiger partial charge on any atom is -0.352 e. The molecule has 1 aromatic carbocycles. The maximum Gasteiger partial charge on any atom is 0.251 e. The van der Waals surface area contributed by atoms with E-state index < -0.39 is 0 Å². The Labute approximate surface area is 78.0 Å². The van der Waals surface area contributed by atoms with Gasteiger partial charge in [0.05, 0.1) is 0 Å². The van der Waals surface area contributed by atoms with Crippen LogP contribution in [0, 0.1) is 0 Å². The first kappa shape index (κ1) is 8.30. The number of amides is 1. The number of nitrogens with one attached hydrogen (secondary N) is 1. The van der Waals surface area contributed by atoms with Crippen molar-refractivity contribution >= 4 is 5.91 Å². The van der Waals surface area contributed by atoms with Gasteiger partial charge in [0, 0.05) is 12.1 Å². The van der Waals surface area contributed by atoms with Crippen LogP contribution in [0.1, 0.15) is 35.2 Å². The van der Waals surface area contributed by atoms with Crippen LogP contribution in [-0.4, -0.2) is 12.5 Å². The highest BCUT2D eigenvalue weighted by Gasteiger charge is 2.18. The van der Waals surface area contributed by atoms with Crippen molar-refractivity contribution in [1.29, 1.82) is 0 Å². The predicted octanol–water partition coefficient (Wildman–Crippen LogP) is 1.92. The summed E-state index contributed by atoms with van der Waals surface area (Å²) in [5.41, 5.74) is 2.02. The summed E-state index contributed by atoms with van der Waals surface area (Å²) in [6.45, 7) is 2.95. The second-order valence-corrected chi connectivity index (χ2v) is 3.53. The zero-order valence-electron chi connectivity index (χ0n) is 7.71. The first-order valence-electron chi connectivity index (χ1n) is 4.66. The summed E-state index contributed by atoms with van der Waals surface area (Å²) < 4.78 is 0. The average molecular weight is 175 g/mol. The van der Waals surface area contributed by atoms with E-state index in [0.29, 0.717) is 5.92 Å². The van der Waals surface area contributed by atoms with Gasteiger partial charge in [0.15, 0.2) is 0 Å². The number of hydrogen-bond donors (Lipinski definition) is 1. The lowest BCUT2D eigenvalue weighted by molar-refractivity contribution is 0.0956. The van der Waals surface area contributed by atoms with Gasteiger partial charge in [-0.05, 0) is 24.0 Å². The van der Waals surface area contributed by atoms with E-state index in [1.165, 1.54) is 5.56 Å². The molecule has 1 aliphatic rings. The molecule has 68 valence electrons. The molecule has 0 bridgehead atoms. The van der Waals surface area contributed by atoms with E-state index in [2.05, 4.69) is 12.2 Å². The average Bonchev–Trinajstić information content (AvgIpc) is 2.29. The van der Waals surface area contributed by atoms with Crippen molar-refractivity contribution in [3.63, 3.8) is 0 Å². The Morgan fingerprint density at radius 2 is 2.15 bits per heavy atom. The molecule has 1 N–H and O–H groups in total. The molecule has 0 saturated carbocycles. The Morgan fingerprint density at radius 3 is 3.00 bits per heavy atom. The van der Waals surface area contributed by atoms with Crippen LogP contribution in [0.15, 0.2) is 24.3 Å². The van der Waals surface area contributed by atoms with E-state index in [0.717, 1.165) is 18.5 Å². The fourth-order valence-electron chi connectivity index (χ4n) is 1.79. The normalized spacial score (nSPS) is 21.6. The van der Waals surface area contributed by atoms with Crippen molar-refractivity contribution in [2.75, 3.05) is 6.54 Å². The number of hydrogen-bond acceptors (Lipinski definition) is 1. The van der Waals surface area contributed by atoms with Crippen LogP contribution in [0.2, 0.25) is 0 Å². The molecular weight excluding hydrogens is 162 g/mol. The van der Waals surface area contributed by atoms with Gasteiger partial charge in [0.2, 0.25) is 0 Å². The van der Waals surface area contributed by atoms with Gasteiger partial charge in [-0.15, -0.1) is 0 Å². The Morgan fingerprint density at radius 1 is 1.38 bits per heavy atom. The molecule has 0 fully saturated rings. The molecule has 2 rings (SSSR count). The van der Waals surface area contributed by atoms with Crippen LogP contribution in [0.5, 0.6) is 0 Å². The fourth-order valence-corrected chi connectivity index (χ4v) is 1.79. The van der Waals surface area contributed by atoms with E-state index in [4.69, 9.17) is 0 Å². The van der Waals surface area contributed by atoms with Crippen molar-refractivity contribution in [3.8, 4) is 0 Å². The van der Waals surface area contributed by atoms with Gasteiger partial charge in [-0.3, -0.25) is 4.79 Å². The quantitative estimate of drug-likeness (QED) is 0.641. The smallest absolute Gasteiger partial charge is 0.251 e. The van der Waals surface area contributed by atoms with Gasteiger partial charge in [-0.25, -0.2) is 0 Å². The summed E-state index contributed by atoms with van der Waals surface area (Å²) in [7, 11) is 0. The van der Waals surface area contributed by atoms with Gasteiger partial charge < -0.3 is 5.32 Å². The number of benzene rings is 1. The van der Waals surface area contributed by atoms with Crippen LogP contribution < -0.4 is 5.32 Å². The summed E-state index contributed by atoms with van der Waals surface area (Å²) in [6.07, 6.45) is 1.03. The SMILES string of the molecule is C[C@@H]1CCNC(=O)c2ccccc21. The molecule has 0 unspecified atom stereocenters. The summed E-state index contributed by atoms with van der Waals surface area (Å²) in [5, 5.41) is 2.89. The highest BCUT2D eigenvalue weighted by atomic mass is 16.1. The lowest BCUT2D eigenvalue weighted by atomic mass is 9.94. The van der Waals surface area contributed by atoms with Crippen LogP contribution in [0.4, 0.5) is 0 Å².